The molecule has 17 heavy (non-hydrogen) atoms. The van der Waals surface area contributed by atoms with Crippen LogP contribution in [-0.4, -0.2) is 4.57 Å². The first-order valence-corrected chi connectivity index (χ1v) is 6.96. The smallest absolute Gasteiger partial charge is 0.0222 e. The van der Waals surface area contributed by atoms with Gasteiger partial charge < -0.3 is 4.57 Å². The van der Waals surface area contributed by atoms with Gasteiger partial charge >= 0.3 is 0 Å². The van der Waals surface area contributed by atoms with Crippen molar-refractivity contribution < 1.29 is 4.70 Å². The largest absolute Gasteiger partial charge is 0.352 e. The minimum absolute atomic E-state index is 0. The highest BCUT2D eigenvalue weighted by Crippen LogP contribution is 2.10. The van der Waals surface area contributed by atoms with Crippen molar-refractivity contribution in [3.8, 4) is 0 Å². The van der Waals surface area contributed by atoms with E-state index >= 15 is 0 Å². The average Bonchev–Trinajstić information content (AvgIpc) is 2.68. The second-order valence-electron chi connectivity index (χ2n) is 4.82. The molecular formula is C15H28FN. The molecule has 0 unspecified atom stereocenters. The van der Waals surface area contributed by atoms with Gasteiger partial charge in [0.2, 0.25) is 0 Å². The summed E-state index contributed by atoms with van der Waals surface area (Å²) in [7, 11) is 0. The van der Waals surface area contributed by atoms with Crippen LogP contribution in [0.5, 0.6) is 0 Å². The SMILES string of the molecule is CCCCCCCCCCn1cccc1C.F. The second-order valence-corrected chi connectivity index (χ2v) is 4.82. The summed E-state index contributed by atoms with van der Waals surface area (Å²) < 4.78 is 2.36. The van der Waals surface area contributed by atoms with Gasteiger partial charge in [0.25, 0.3) is 0 Å². The predicted octanol–water partition coefficient (Wildman–Crippen LogP) is 5.09. The van der Waals surface area contributed by atoms with E-state index < -0.39 is 0 Å². The molecule has 1 rings (SSSR count). The number of nitrogens with zero attached hydrogens (tertiary/aromatic N) is 1. The normalized spacial score (nSPS) is 10.2. The zero-order valence-electron chi connectivity index (χ0n) is 11.5. The Hall–Kier alpha value is -0.790. The van der Waals surface area contributed by atoms with Crippen LogP contribution in [-0.2, 0) is 6.54 Å². The Kier molecular flexibility index (Phi) is 9.89. The van der Waals surface area contributed by atoms with Crippen LogP contribution in [0.1, 0.15) is 64.0 Å². The molecule has 0 N–H and O–H groups in total. The Bertz CT molecular complexity index is 268. The fraction of sp³-hybridized carbons (Fsp3) is 0.733. The Morgan fingerprint density at radius 3 is 2.06 bits per heavy atom. The van der Waals surface area contributed by atoms with Crippen LogP contribution in [0.2, 0.25) is 0 Å². The molecule has 2 heteroatoms. The van der Waals surface area contributed by atoms with Crippen LogP contribution in [0, 0.1) is 6.92 Å². The third kappa shape index (κ3) is 7.19. The minimum atomic E-state index is 0. The van der Waals surface area contributed by atoms with Gasteiger partial charge in [-0.2, -0.15) is 0 Å². The molecule has 0 aliphatic heterocycles. The van der Waals surface area contributed by atoms with E-state index in [4.69, 9.17) is 0 Å². The lowest BCUT2D eigenvalue weighted by Gasteiger charge is -2.05. The molecule has 0 amide bonds. The third-order valence-corrected chi connectivity index (χ3v) is 3.31. The molecule has 0 atom stereocenters. The van der Waals surface area contributed by atoms with Crippen molar-refractivity contribution in [2.45, 2.75) is 71.8 Å². The number of hydrogen-bond donors (Lipinski definition) is 0. The van der Waals surface area contributed by atoms with Crippen LogP contribution < -0.4 is 0 Å². The maximum absolute atomic E-state index is 2.36. The van der Waals surface area contributed by atoms with E-state index in [1.165, 1.54) is 63.6 Å². The standard InChI is InChI=1S/C15H27N.FH/c1-3-4-5-6-7-8-9-10-13-16-14-11-12-15(16)2;/h11-12,14H,3-10,13H2,1-2H3;1H. The number of halogens is 1. The molecule has 0 aliphatic carbocycles. The monoisotopic (exact) mass is 241 g/mol. The lowest BCUT2D eigenvalue weighted by atomic mass is 10.1. The maximum Gasteiger partial charge on any atom is 0.0222 e. The van der Waals surface area contributed by atoms with Gasteiger partial charge in [0.1, 0.15) is 0 Å². The number of rotatable bonds is 9. The fourth-order valence-corrected chi connectivity index (χ4v) is 2.17. The van der Waals surface area contributed by atoms with Crippen molar-refractivity contribution in [2.75, 3.05) is 0 Å². The van der Waals surface area contributed by atoms with Crippen LogP contribution >= 0.6 is 0 Å². The van der Waals surface area contributed by atoms with Gasteiger partial charge in [-0.3, -0.25) is 4.70 Å². The molecule has 0 bridgehead atoms. The van der Waals surface area contributed by atoms with Gasteiger partial charge in [0, 0.05) is 18.4 Å². The molecule has 1 aromatic rings. The lowest BCUT2D eigenvalue weighted by Crippen LogP contribution is -1.97. The van der Waals surface area contributed by atoms with Crippen LogP contribution in [0.4, 0.5) is 4.70 Å². The van der Waals surface area contributed by atoms with E-state index in [1.54, 1.807) is 0 Å². The van der Waals surface area contributed by atoms with Crippen molar-refractivity contribution in [2.24, 2.45) is 0 Å². The first-order valence-electron chi connectivity index (χ1n) is 6.96. The van der Waals surface area contributed by atoms with Gasteiger partial charge in [0.15, 0.2) is 0 Å². The molecule has 1 aromatic heterocycles. The van der Waals surface area contributed by atoms with E-state index in [1.807, 2.05) is 0 Å². The maximum atomic E-state index is 2.36. The average molecular weight is 241 g/mol. The Morgan fingerprint density at radius 2 is 1.53 bits per heavy atom. The minimum Gasteiger partial charge on any atom is -0.352 e. The first-order chi connectivity index (χ1) is 7.84. The summed E-state index contributed by atoms with van der Waals surface area (Å²) in [6.07, 6.45) is 13.4. The molecule has 0 radical (unpaired) electrons. The fourth-order valence-electron chi connectivity index (χ4n) is 2.17. The zero-order valence-corrected chi connectivity index (χ0v) is 11.5. The highest BCUT2D eigenvalue weighted by atomic mass is 19.0. The summed E-state index contributed by atoms with van der Waals surface area (Å²) in [6, 6.07) is 4.32. The first kappa shape index (κ1) is 16.2. The van der Waals surface area contributed by atoms with E-state index in [0.29, 0.717) is 0 Å². The van der Waals surface area contributed by atoms with E-state index in [-0.39, 0.29) is 4.70 Å². The molecular weight excluding hydrogens is 213 g/mol. The molecule has 0 saturated heterocycles. The van der Waals surface area contributed by atoms with Crippen molar-refractivity contribution in [3.63, 3.8) is 0 Å². The predicted molar refractivity (Wildman–Crippen MR) is 74.3 cm³/mol. The molecule has 0 saturated carbocycles. The van der Waals surface area contributed by atoms with Gasteiger partial charge in [-0.1, -0.05) is 51.9 Å². The molecule has 1 nitrogen and oxygen atoms in total. The zero-order chi connectivity index (χ0) is 11.6. The Balaban J connectivity index is 0.00000256. The summed E-state index contributed by atoms with van der Waals surface area (Å²) in [5, 5.41) is 0. The number of aryl methyl sites for hydroxylation is 2. The van der Waals surface area contributed by atoms with Crippen molar-refractivity contribution in [3.05, 3.63) is 24.0 Å². The summed E-state index contributed by atoms with van der Waals surface area (Å²) >= 11 is 0. The van der Waals surface area contributed by atoms with Gasteiger partial charge in [-0.05, 0) is 25.5 Å². The van der Waals surface area contributed by atoms with Crippen LogP contribution in [0.25, 0.3) is 0 Å². The molecule has 1 heterocycles. The number of aromatic nitrogens is 1. The molecule has 100 valence electrons. The molecule has 0 spiro atoms. The van der Waals surface area contributed by atoms with Crippen LogP contribution in [0.15, 0.2) is 18.3 Å². The molecule has 0 fully saturated rings. The molecule has 0 aromatic carbocycles. The van der Waals surface area contributed by atoms with Crippen LogP contribution in [0.3, 0.4) is 0 Å². The third-order valence-electron chi connectivity index (χ3n) is 3.31. The quantitative estimate of drug-likeness (QED) is 0.531. The van der Waals surface area contributed by atoms with Crippen molar-refractivity contribution in [1.29, 1.82) is 0 Å². The van der Waals surface area contributed by atoms with Gasteiger partial charge in [0.05, 0.1) is 0 Å². The van der Waals surface area contributed by atoms with E-state index in [9.17, 15) is 0 Å². The lowest BCUT2D eigenvalue weighted by molar-refractivity contribution is 0.541. The second kappa shape index (κ2) is 10.4. The summed E-state index contributed by atoms with van der Waals surface area (Å²) in [4.78, 5) is 0. The highest BCUT2D eigenvalue weighted by Gasteiger charge is 1.95. The van der Waals surface area contributed by atoms with Crippen molar-refractivity contribution in [1.82, 2.24) is 4.57 Å². The summed E-state index contributed by atoms with van der Waals surface area (Å²) in [5.74, 6) is 0. The number of unbranched alkanes of at least 4 members (excludes halogenated alkanes) is 7. The van der Waals surface area contributed by atoms with Gasteiger partial charge in [-0.25, -0.2) is 0 Å². The Labute approximate surface area is 106 Å². The number of hydrogen-bond acceptors (Lipinski definition) is 0. The van der Waals surface area contributed by atoms with Gasteiger partial charge in [-0.15, -0.1) is 0 Å². The topological polar surface area (TPSA) is 4.93 Å². The van der Waals surface area contributed by atoms with E-state index in [2.05, 4.69) is 36.7 Å². The summed E-state index contributed by atoms with van der Waals surface area (Å²) in [5.41, 5.74) is 1.39. The van der Waals surface area contributed by atoms with E-state index in [0.717, 1.165) is 0 Å². The highest BCUT2D eigenvalue weighted by molar-refractivity contribution is 5.03. The molecule has 0 aliphatic rings. The summed E-state index contributed by atoms with van der Waals surface area (Å²) in [6.45, 7) is 5.66. The Morgan fingerprint density at radius 1 is 0.941 bits per heavy atom. The van der Waals surface area contributed by atoms with Crippen molar-refractivity contribution >= 4 is 0 Å².